The van der Waals surface area contributed by atoms with Gasteiger partial charge in [-0.05, 0) is 68.2 Å². The van der Waals surface area contributed by atoms with Crippen LogP contribution in [0.3, 0.4) is 0 Å². The monoisotopic (exact) mass is 529 g/mol. The fourth-order valence-electron chi connectivity index (χ4n) is 4.48. The van der Waals surface area contributed by atoms with Crippen LogP contribution in [0.15, 0.2) is 65.7 Å². The summed E-state index contributed by atoms with van der Waals surface area (Å²) in [6, 6.07) is 16.5. The van der Waals surface area contributed by atoms with E-state index in [1.807, 2.05) is 19.0 Å². The number of hydrogen-bond donors (Lipinski definition) is 1. The molecule has 0 aliphatic carbocycles. The molecule has 2 aliphatic heterocycles. The van der Waals surface area contributed by atoms with Crippen molar-refractivity contribution in [2.45, 2.75) is 5.92 Å². The predicted molar refractivity (Wildman–Crippen MR) is 145 cm³/mol. The lowest BCUT2D eigenvalue weighted by molar-refractivity contribution is -0.384. The molecule has 39 heavy (non-hydrogen) atoms. The zero-order valence-corrected chi connectivity index (χ0v) is 21.7. The third-order valence-electron chi connectivity index (χ3n) is 6.61. The molecule has 200 valence electrons. The van der Waals surface area contributed by atoms with E-state index >= 15 is 0 Å². The van der Waals surface area contributed by atoms with Crippen LogP contribution in [0.2, 0.25) is 0 Å². The second-order valence-electron chi connectivity index (χ2n) is 9.59. The maximum Gasteiger partial charge on any atom is 0.271 e. The maximum atomic E-state index is 13.2. The summed E-state index contributed by atoms with van der Waals surface area (Å²) in [6.07, 6.45) is 0. The molecule has 0 saturated carbocycles. The Bertz CT molecular complexity index is 1480. The van der Waals surface area contributed by atoms with Gasteiger partial charge in [0.15, 0.2) is 11.5 Å². The highest BCUT2D eigenvalue weighted by Gasteiger charge is 2.37. The Morgan fingerprint density at radius 2 is 1.72 bits per heavy atom. The van der Waals surface area contributed by atoms with E-state index < -0.39 is 10.8 Å². The number of anilines is 1. The molecular formula is C28H27N5O6. The van der Waals surface area contributed by atoms with Crippen LogP contribution in [0.1, 0.15) is 27.4 Å². The molecule has 11 heteroatoms. The number of likely N-dealkylation sites (N-methyl/N-ethyl adjacent to an activating group) is 2. The van der Waals surface area contributed by atoms with Gasteiger partial charge in [-0.25, -0.2) is 0 Å². The van der Waals surface area contributed by atoms with E-state index in [0.29, 0.717) is 51.8 Å². The smallest absolute Gasteiger partial charge is 0.271 e. The zero-order valence-electron chi connectivity index (χ0n) is 21.7. The molecule has 3 aromatic carbocycles. The van der Waals surface area contributed by atoms with Crippen LogP contribution < -0.4 is 14.8 Å². The molecule has 11 nitrogen and oxygen atoms in total. The fourth-order valence-corrected chi connectivity index (χ4v) is 4.48. The van der Waals surface area contributed by atoms with Gasteiger partial charge in [-0.2, -0.15) is 0 Å². The molecule has 0 saturated heterocycles. The van der Waals surface area contributed by atoms with Crippen LogP contribution in [0.4, 0.5) is 17.1 Å². The van der Waals surface area contributed by atoms with Crippen LogP contribution >= 0.6 is 0 Å². The number of fused-ring (bicyclic) bond motifs is 2. The maximum absolute atomic E-state index is 13.2. The molecule has 1 atom stereocenters. The quantitative estimate of drug-likeness (QED) is 0.267. The standard InChI is InChI=1S/C28H27N5O6/c1-31(2)12-13-32(3)28(35)17-4-7-19(8-5-17)29-26(18-6-11-23-24(14-18)39-16-38-23)25-21-10-9-20(33(36)37)15-22(21)30-27(25)34/h4-11,14-15,25H,12-13,16H2,1-3H3,(H,30,34). The first-order valence-corrected chi connectivity index (χ1v) is 12.3. The molecule has 2 aliphatic rings. The number of nitro groups is 1. The SMILES string of the molecule is CN(C)CCN(C)C(=O)c1ccc(N=C(c2ccc3c(c2)OCO3)C2C(=O)Nc3cc([N+](=O)[O-])ccc32)cc1. The van der Waals surface area contributed by atoms with Crippen molar-refractivity contribution < 1.29 is 24.0 Å². The summed E-state index contributed by atoms with van der Waals surface area (Å²) in [5, 5.41) is 14.0. The Balaban J connectivity index is 1.52. The molecule has 1 N–H and O–H groups in total. The highest BCUT2D eigenvalue weighted by Crippen LogP contribution is 2.40. The summed E-state index contributed by atoms with van der Waals surface area (Å²) in [5.74, 6) is -0.152. The van der Waals surface area contributed by atoms with Crippen molar-refractivity contribution >= 4 is 34.6 Å². The van der Waals surface area contributed by atoms with Gasteiger partial charge in [0.25, 0.3) is 11.6 Å². The van der Waals surface area contributed by atoms with Crippen molar-refractivity contribution in [3.63, 3.8) is 0 Å². The molecule has 5 rings (SSSR count). The van der Waals surface area contributed by atoms with Gasteiger partial charge in [0.2, 0.25) is 12.7 Å². The molecule has 0 spiro atoms. The van der Waals surface area contributed by atoms with E-state index in [1.165, 1.54) is 12.1 Å². The Hall–Kier alpha value is -4.77. The predicted octanol–water partition coefficient (Wildman–Crippen LogP) is 3.81. The second kappa shape index (κ2) is 10.5. The summed E-state index contributed by atoms with van der Waals surface area (Å²) >= 11 is 0. The number of carbonyl (C=O) groups excluding carboxylic acids is 2. The average molecular weight is 530 g/mol. The first-order valence-electron chi connectivity index (χ1n) is 12.3. The normalized spacial score (nSPS) is 15.7. The minimum atomic E-state index is -0.820. The van der Waals surface area contributed by atoms with E-state index in [2.05, 4.69) is 5.32 Å². The van der Waals surface area contributed by atoms with Crippen LogP contribution in [-0.2, 0) is 4.79 Å². The van der Waals surface area contributed by atoms with Gasteiger partial charge < -0.3 is 24.6 Å². The topological polar surface area (TPSA) is 127 Å². The third kappa shape index (κ3) is 5.30. The number of aliphatic imine (C=N–C) groups is 1. The van der Waals surface area contributed by atoms with Gasteiger partial charge in [-0.1, -0.05) is 0 Å². The van der Waals surface area contributed by atoms with E-state index in [9.17, 15) is 19.7 Å². The second-order valence-corrected chi connectivity index (χ2v) is 9.59. The Morgan fingerprint density at radius 1 is 1.00 bits per heavy atom. The summed E-state index contributed by atoms with van der Waals surface area (Å²) in [6.45, 7) is 1.44. The fraction of sp³-hybridized carbons (Fsp3) is 0.250. The number of ether oxygens (including phenoxy) is 2. The molecule has 0 bridgehead atoms. The third-order valence-corrected chi connectivity index (χ3v) is 6.61. The molecule has 3 aromatic rings. The number of rotatable bonds is 8. The van der Waals surface area contributed by atoms with Crippen LogP contribution in [-0.4, -0.2) is 73.3 Å². The minimum absolute atomic E-state index is 0.0974. The Labute approximate surface area is 224 Å². The van der Waals surface area contributed by atoms with Gasteiger partial charge in [0.1, 0.15) is 5.92 Å². The van der Waals surface area contributed by atoms with E-state index in [-0.39, 0.29) is 24.3 Å². The molecular weight excluding hydrogens is 502 g/mol. The van der Waals surface area contributed by atoms with Gasteiger partial charge in [0, 0.05) is 43.4 Å². The number of hydrogen-bond acceptors (Lipinski definition) is 8. The summed E-state index contributed by atoms with van der Waals surface area (Å²) in [5.41, 5.74) is 2.96. The lowest BCUT2D eigenvalue weighted by atomic mass is 9.90. The Kier molecular flexibility index (Phi) is 6.99. The van der Waals surface area contributed by atoms with Crippen molar-refractivity contribution in [1.82, 2.24) is 9.80 Å². The number of carbonyl (C=O) groups is 2. The van der Waals surface area contributed by atoms with E-state index in [4.69, 9.17) is 14.5 Å². The lowest BCUT2D eigenvalue weighted by Crippen LogP contribution is -2.33. The number of nitro benzene ring substituents is 1. The highest BCUT2D eigenvalue weighted by molar-refractivity contribution is 6.24. The van der Waals surface area contributed by atoms with Gasteiger partial charge in [-0.3, -0.25) is 24.7 Å². The molecule has 0 radical (unpaired) electrons. The molecule has 1 unspecified atom stereocenters. The van der Waals surface area contributed by atoms with Crippen molar-refractivity contribution in [2.24, 2.45) is 4.99 Å². The number of nitrogens with zero attached hydrogens (tertiary/aromatic N) is 4. The number of amides is 2. The zero-order chi connectivity index (χ0) is 27.7. The van der Waals surface area contributed by atoms with Crippen molar-refractivity contribution in [1.29, 1.82) is 0 Å². The van der Waals surface area contributed by atoms with Gasteiger partial charge in [0.05, 0.1) is 22.0 Å². The first-order chi connectivity index (χ1) is 18.7. The molecule has 0 fully saturated rings. The van der Waals surface area contributed by atoms with E-state index in [1.54, 1.807) is 60.5 Å². The van der Waals surface area contributed by atoms with Crippen LogP contribution in [0.5, 0.6) is 11.5 Å². The molecule has 0 aromatic heterocycles. The summed E-state index contributed by atoms with van der Waals surface area (Å²) in [4.78, 5) is 45.3. The lowest BCUT2D eigenvalue weighted by Gasteiger charge is -2.19. The van der Waals surface area contributed by atoms with Gasteiger partial charge in [-0.15, -0.1) is 0 Å². The summed E-state index contributed by atoms with van der Waals surface area (Å²) < 4.78 is 11.0. The average Bonchev–Trinajstić information content (AvgIpc) is 3.52. The largest absolute Gasteiger partial charge is 0.454 e. The van der Waals surface area contributed by atoms with Crippen LogP contribution in [0, 0.1) is 10.1 Å². The first kappa shape index (κ1) is 25.9. The number of non-ortho nitro benzene ring substituents is 1. The van der Waals surface area contributed by atoms with Crippen molar-refractivity contribution in [2.75, 3.05) is 46.3 Å². The highest BCUT2D eigenvalue weighted by atomic mass is 16.7. The molecule has 2 amide bonds. The Morgan fingerprint density at radius 3 is 2.44 bits per heavy atom. The van der Waals surface area contributed by atoms with Crippen molar-refractivity contribution in [3.8, 4) is 11.5 Å². The summed E-state index contributed by atoms with van der Waals surface area (Å²) in [7, 11) is 5.66. The van der Waals surface area contributed by atoms with Gasteiger partial charge >= 0.3 is 0 Å². The van der Waals surface area contributed by atoms with Crippen molar-refractivity contribution in [3.05, 3.63) is 87.5 Å². The molecule has 2 heterocycles. The van der Waals surface area contributed by atoms with E-state index in [0.717, 1.165) is 6.54 Å². The number of nitrogens with one attached hydrogen (secondary N) is 1. The van der Waals surface area contributed by atoms with Crippen LogP contribution in [0.25, 0.3) is 0 Å². The minimum Gasteiger partial charge on any atom is -0.454 e. The number of benzene rings is 3.